The van der Waals surface area contributed by atoms with Crippen molar-refractivity contribution in [2.75, 3.05) is 18.4 Å². The first kappa shape index (κ1) is 20.0. The fourth-order valence-corrected chi connectivity index (χ4v) is 5.64. The van der Waals surface area contributed by atoms with Crippen LogP contribution in [0.25, 0.3) is 11.0 Å². The summed E-state index contributed by atoms with van der Waals surface area (Å²) in [5.74, 6) is 0.613. The molecule has 1 N–H and O–H groups in total. The average molecular weight is 434 g/mol. The predicted molar refractivity (Wildman–Crippen MR) is 112 cm³/mol. The Labute approximate surface area is 173 Å². The van der Waals surface area contributed by atoms with E-state index in [9.17, 15) is 13.2 Å². The number of anilines is 1. The predicted octanol–water partition coefficient (Wildman–Crippen LogP) is 2.78. The molecule has 10 heteroatoms. The highest BCUT2D eigenvalue weighted by molar-refractivity contribution is 7.89. The highest BCUT2D eigenvalue weighted by Gasteiger charge is 2.26. The summed E-state index contributed by atoms with van der Waals surface area (Å²) in [7, 11) is -1.62. The topological polar surface area (TPSA) is 97.2 Å². The van der Waals surface area contributed by atoms with E-state index in [1.165, 1.54) is 11.3 Å². The number of rotatable bonds is 6. The largest absolute Gasteiger partial charge is 0.331 e. The van der Waals surface area contributed by atoms with Gasteiger partial charge in [-0.2, -0.15) is 4.31 Å². The first-order valence-electron chi connectivity index (χ1n) is 9.60. The standard InChI is InChI=1S/C19H23N5O3S2/c1-23-16-6-5-14(29(26,27)24-10-3-2-4-11-24)13-15(16)21-17(23)7-8-18(25)22-19-20-9-12-28-19/h5-6,9,12-13H,2-4,7-8,10-11H2,1H3,(H,20,22,25). The SMILES string of the molecule is Cn1c(CCC(=O)Nc2nccs2)nc2cc(S(=O)(=O)N3CCCCC3)ccc21. The molecule has 1 saturated heterocycles. The minimum Gasteiger partial charge on any atom is -0.331 e. The van der Waals surface area contributed by atoms with Crippen molar-refractivity contribution in [3.63, 3.8) is 0 Å². The van der Waals surface area contributed by atoms with Crippen LogP contribution in [0.1, 0.15) is 31.5 Å². The molecular weight excluding hydrogens is 410 g/mol. The van der Waals surface area contributed by atoms with E-state index >= 15 is 0 Å². The van der Waals surface area contributed by atoms with Gasteiger partial charge >= 0.3 is 0 Å². The van der Waals surface area contributed by atoms with Gasteiger partial charge in [-0.3, -0.25) is 4.79 Å². The summed E-state index contributed by atoms with van der Waals surface area (Å²) >= 11 is 1.37. The molecule has 29 heavy (non-hydrogen) atoms. The summed E-state index contributed by atoms with van der Waals surface area (Å²) in [6.07, 6.45) is 5.24. The Balaban J connectivity index is 1.51. The number of aryl methyl sites for hydroxylation is 2. The van der Waals surface area contributed by atoms with Crippen LogP contribution in [-0.2, 0) is 28.3 Å². The number of nitrogens with zero attached hydrogens (tertiary/aromatic N) is 4. The van der Waals surface area contributed by atoms with Crippen molar-refractivity contribution in [1.29, 1.82) is 0 Å². The van der Waals surface area contributed by atoms with Crippen molar-refractivity contribution in [3.8, 4) is 0 Å². The van der Waals surface area contributed by atoms with Crippen molar-refractivity contribution in [1.82, 2.24) is 18.8 Å². The van der Waals surface area contributed by atoms with Gasteiger partial charge in [0.1, 0.15) is 5.82 Å². The van der Waals surface area contributed by atoms with E-state index in [4.69, 9.17) is 0 Å². The van der Waals surface area contributed by atoms with E-state index in [1.807, 2.05) is 11.6 Å². The van der Waals surface area contributed by atoms with Crippen LogP contribution in [0.5, 0.6) is 0 Å². The Morgan fingerprint density at radius 3 is 2.76 bits per heavy atom. The van der Waals surface area contributed by atoms with Gasteiger partial charge in [-0.05, 0) is 31.0 Å². The summed E-state index contributed by atoms with van der Waals surface area (Å²) in [4.78, 5) is 21.0. The van der Waals surface area contributed by atoms with E-state index < -0.39 is 10.0 Å². The van der Waals surface area contributed by atoms with E-state index in [2.05, 4.69) is 15.3 Å². The molecule has 1 aromatic carbocycles. The normalized spacial score (nSPS) is 15.6. The molecule has 3 aromatic rings. The Morgan fingerprint density at radius 1 is 1.24 bits per heavy atom. The Bertz CT molecular complexity index is 1120. The molecule has 0 unspecified atom stereocenters. The molecule has 0 bridgehead atoms. The molecule has 0 saturated carbocycles. The summed E-state index contributed by atoms with van der Waals surface area (Å²) < 4.78 is 29.3. The number of imidazole rings is 1. The Hall–Kier alpha value is -2.30. The van der Waals surface area contributed by atoms with E-state index in [1.54, 1.807) is 34.1 Å². The fraction of sp³-hybridized carbons (Fsp3) is 0.421. The maximum atomic E-state index is 12.9. The number of nitrogens with one attached hydrogen (secondary N) is 1. The van der Waals surface area contributed by atoms with Gasteiger partial charge in [-0.15, -0.1) is 11.3 Å². The first-order chi connectivity index (χ1) is 13.9. The monoisotopic (exact) mass is 433 g/mol. The summed E-state index contributed by atoms with van der Waals surface area (Å²) in [6.45, 7) is 1.14. The molecule has 1 amide bonds. The highest BCUT2D eigenvalue weighted by Crippen LogP contribution is 2.25. The third kappa shape index (κ3) is 4.19. The van der Waals surface area contributed by atoms with Crippen molar-refractivity contribution >= 4 is 43.4 Å². The molecular formula is C19H23N5O3S2. The zero-order valence-electron chi connectivity index (χ0n) is 16.2. The Kier molecular flexibility index (Phi) is 5.66. The van der Waals surface area contributed by atoms with E-state index in [0.717, 1.165) is 30.6 Å². The number of piperidine rings is 1. The number of aromatic nitrogens is 3. The molecule has 154 valence electrons. The van der Waals surface area contributed by atoms with Gasteiger partial charge in [-0.1, -0.05) is 6.42 Å². The number of fused-ring (bicyclic) bond motifs is 1. The van der Waals surface area contributed by atoms with Gasteiger partial charge in [0.05, 0.1) is 15.9 Å². The van der Waals surface area contributed by atoms with Gasteiger partial charge in [0, 0.05) is 44.6 Å². The summed E-state index contributed by atoms with van der Waals surface area (Å²) in [5, 5.41) is 5.14. The van der Waals surface area contributed by atoms with Crippen LogP contribution in [0.15, 0.2) is 34.7 Å². The van der Waals surface area contributed by atoms with Crippen LogP contribution >= 0.6 is 11.3 Å². The number of hydrogen-bond donors (Lipinski definition) is 1. The minimum atomic E-state index is -3.50. The lowest BCUT2D eigenvalue weighted by molar-refractivity contribution is -0.116. The lowest BCUT2D eigenvalue weighted by Gasteiger charge is -2.25. The van der Waals surface area contributed by atoms with E-state index in [0.29, 0.717) is 30.2 Å². The zero-order valence-corrected chi connectivity index (χ0v) is 17.8. The number of amides is 1. The van der Waals surface area contributed by atoms with Gasteiger partial charge in [-0.25, -0.2) is 18.4 Å². The third-order valence-corrected chi connectivity index (χ3v) is 7.74. The number of benzene rings is 1. The maximum absolute atomic E-state index is 12.9. The lowest BCUT2D eigenvalue weighted by atomic mass is 10.2. The fourth-order valence-electron chi connectivity index (χ4n) is 3.56. The van der Waals surface area contributed by atoms with Gasteiger partial charge < -0.3 is 9.88 Å². The molecule has 0 radical (unpaired) electrons. The number of carbonyl (C=O) groups excluding carboxylic acids is 1. The average Bonchev–Trinajstić information content (AvgIpc) is 3.34. The first-order valence-corrected chi connectivity index (χ1v) is 11.9. The second-order valence-corrected chi connectivity index (χ2v) is 9.92. The highest BCUT2D eigenvalue weighted by atomic mass is 32.2. The maximum Gasteiger partial charge on any atom is 0.243 e. The van der Waals surface area contributed by atoms with Crippen LogP contribution in [0.3, 0.4) is 0 Å². The van der Waals surface area contributed by atoms with Crippen LogP contribution in [0, 0.1) is 0 Å². The molecule has 2 aromatic heterocycles. The van der Waals surface area contributed by atoms with E-state index in [-0.39, 0.29) is 17.2 Å². The zero-order chi connectivity index (χ0) is 20.4. The van der Waals surface area contributed by atoms with Crippen molar-refractivity contribution in [2.24, 2.45) is 7.05 Å². The summed E-state index contributed by atoms with van der Waals surface area (Å²) in [5.41, 5.74) is 1.47. The minimum absolute atomic E-state index is 0.125. The quantitative estimate of drug-likeness (QED) is 0.645. The second-order valence-electron chi connectivity index (χ2n) is 7.09. The summed E-state index contributed by atoms with van der Waals surface area (Å²) in [6, 6.07) is 5.07. The molecule has 1 fully saturated rings. The van der Waals surface area contributed by atoms with Crippen LogP contribution in [0.4, 0.5) is 5.13 Å². The lowest BCUT2D eigenvalue weighted by Crippen LogP contribution is -2.35. The molecule has 1 aliphatic heterocycles. The van der Waals surface area contributed by atoms with Crippen LogP contribution in [-0.4, -0.2) is 46.3 Å². The van der Waals surface area contributed by atoms with Crippen LogP contribution < -0.4 is 5.32 Å². The van der Waals surface area contributed by atoms with Crippen molar-refractivity contribution < 1.29 is 13.2 Å². The molecule has 0 atom stereocenters. The van der Waals surface area contributed by atoms with Gasteiger partial charge in [0.15, 0.2) is 5.13 Å². The molecule has 4 rings (SSSR count). The second kappa shape index (κ2) is 8.21. The number of carbonyl (C=O) groups is 1. The number of hydrogen-bond acceptors (Lipinski definition) is 6. The van der Waals surface area contributed by atoms with Crippen molar-refractivity contribution in [3.05, 3.63) is 35.6 Å². The Morgan fingerprint density at radius 2 is 2.03 bits per heavy atom. The third-order valence-electron chi connectivity index (χ3n) is 5.15. The molecule has 1 aliphatic rings. The smallest absolute Gasteiger partial charge is 0.243 e. The van der Waals surface area contributed by atoms with Crippen molar-refractivity contribution in [2.45, 2.75) is 37.0 Å². The number of sulfonamides is 1. The molecule has 3 heterocycles. The number of thiazole rings is 1. The van der Waals surface area contributed by atoms with Crippen LogP contribution in [0.2, 0.25) is 0 Å². The van der Waals surface area contributed by atoms with Gasteiger partial charge in [0.2, 0.25) is 15.9 Å². The molecule has 8 nitrogen and oxygen atoms in total. The van der Waals surface area contributed by atoms with Gasteiger partial charge in [0.25, 0.3) is 0 Å². The molecule has 0 spiro atoms. The molecule has 0 aliphatic carbocycles.